The van der Waals surface area contributed by atoms with Crippen LogP contribution in [0.1, 0.15) is 30.9 Å². The lowest BCUT2D eigenvalue weighted by molar-refractivity contribution is 0.568. The summed E-state index contributed by atoms with van der Waals surface area (Å²) in [6.45, 7) is 6.54. The Bertz CT molecular complexity index is 492. The second kappa shape index (κ2) is 6.26. The van der Waals surface area contributed by atoms with Crippen molar-refractivity contribution in [2.75, 3.05) is 0 Å². The van der Waals surface area contributed by atoms with Gasteiger partial charge in [0.05, 0.1) is 12.2 Å². The Labute approximate surface area is 107 Å². The van der Waals surface area contributed by atoms with E-state index >= 15 is 0 Å². The van der Waals surface area contributed by atoms with Crippen LogP contribution in [0.5, 0.6) is 0 Å². The fourth-order valence-electron chi connectivity index (χ4n) is 1.93. The number of hydrogen-bond donors (Lipinski definition) is 1. The van der Waals surface area contributed by atoms with Crippen LogP contribution in [0.25, 0.3) is 0 Å². The van der Waals surface area contributed by atoms with Crippen molar-refractivity contribution >= 4 is 0 Å². The predicted molar refractivity (Wildman–Crippen MR) is 69.9 cm³/mol. The topological polar surface area (TPSA) is 55.6 Å². The molecule has 0 fully saturated rings. The van der Waals surface area contributed by atoms with E-state index in [2.05, 4.69) is 40.3 Å². The van der Waals surface area contributed by atoms with Gasteiger partial charge in [-0.1, -0.05) is 13.0 Å². The van der Waals surface area contributed by atoms with Gasteiger partial charge in [-0.25, -0.2) is 9.67 Å². The molecule has 18 heavy (non-hydrogen) atoms. The first-order valence-electron chi connectivity index (χ1n) is 6.35. The number of aromatic nitrogens is 4. The van der Waals surface area contributed by atoms with Crippen molar-refractivity contribution in [3.8, 4) is 0 Å². The molecule has 0 aliphatic heterocycles. The van der Waals surface area contributed by atoms with E-state index in [1.807, 2.05) is 16.9 Å². The van der Waals surface area contributed by atoms with Crippen molar-refractivity contribution < 1.29 is 0 Å². The summed E-state index contributed by atoms with van der Waals surface area (Å²) >= 11 is 0. The molecule has 1 N–H and O–H groups in total. The summed E-state index contributed by atoms with van der Waals surface area (Å²) in [4.78, 5) is 8.64. The highest BCUT2D eigenvalue weighted by Gasteiger charge is 2.04. The van der Waals surface area contributed by atoms with E-state index in [4.69, 9.17) is 0 Å². The van der Waals surface area contributed by atoms with Crippen LogP contribution in [-0.2, 0) is 26.1 Å². The number of aryl methyl sites for hydroxylation is 2. The summed E-state index contributed by atoms with van der Waals surface area (Å²) in [7, 11) is 0. The van der Waals surface area contributed by atoms with Gasteiger partial charge in [0.15, 0.2) is 0 Å². The van der Waals surface area contributed by atoms with Crippen molar-refractivity contribution in [3.05, 3.63) is 41.7 Å². The zero-order chi connectivity index (χ0) is 12.8. The molecule has 0 saturated heterocycles. The molecule has 0 saturated carbocycles. The molecule has 2 aromatic rings. The van der Waals surface area contributed by atoms with Crippen LogP contribution in [0.2, 0.25) is 0 Å². The van der Waals surface area contributed by atoms with Gasteiger partial charge in [-0.05, 0) is 25.0 Å². The molecule has 0 bridgehead atoms. The van der Waals surface area contributed by atoms with Gasteiger partial charge in [0.1, 0.15) is 12.2 Å². The average molecular weight is 245 g/mol. The zero-order valence-corrected chi connectivity index (χ0v) is 10.9. The zero-order valence-electron chi connectivity index (χ0n) is 10.9. The number of nitrogens with zero attached hydrogens (tertiary/aromatic N) is 4. The molecule has 2 rings (SSSR count). The Hall–Kier alpha value is -1.75. The molecule has 96 valence electrons. The Morgan fingerprint density at radius 1 is 1.22 bits per heavy atom. The third kappa shape index (κ3) is 2.92. The smallest absolute Gasteiger partial charge is 0.140 e. The van der Waals surface area contributed by atoms with E-state index in [9.17, 15) is 0 Å². The van der Waals surface area contributed by atoms with Crippen molar-refractivity contribution in [1.29, 1.82) is 0 Å². The highest BCUT2D eigenvalue weighted by Crippen LogP contribution is 2.05. The summed E-state index contributed by atoms with van der Waals surface area (Å²) < 4.78 is 1.89. The van der Waals surface area contributed by atoms with Gasteiger partial charge in [0.25, 0.3) is 0 Å². The third-order valence-electron chi connectivity index (χ3n) is 2.94. The molecule has 0 unspecified atom stereocenters. The molecule has 0 atom stereocenters. The number of pyridine rings is 1. The first kappa shape index (κ1) is 12.7. The van der Waals surface area contributed by atoms with Gasteiger partial charge < -0.3 is 5.32 Å². The van der Waals surface area contributed by atoms with Crippen molar-refractivity contribution in [1.82, 2.24) is 25.1 Å². The van der Waals surface area contributed by atoms with Crippen molar-refractivity contribution in [2.45, 2.75) is 39.9 Å². The van der Waals surface area contributed by atoms with Gasteiger partial charge in [0, 0.05) is 19.3 Å². The molecular weight excluding hydrogens is 226 g/mol. The molecule has 5 nitrogen and oxygen atoms in total. The first-order chi connectivity index (χ1) is 8.85. The maximum atomic E-state index is 4.41. The van der Waals surface area contributed by atoms with Gasteiger partial charge in [-0.2, -0.15) is 5.10 Å². The van der Waals surface area contributed by atoms with Crippen LogP contribution in [0.3, 0.4) is 0 Å². The molecule has 5 heteroatoms. The highest BCUT2D eigenvalue weighted by atomic mass is 15.3. The molecule has 0 aliphatic rings. The van der Waals surface area contributed by atoms with E-state index in [-0.39, 0.29) is 0 Å². The molecule has 0 radical (unpaired) electrons. The first-order valence-corrected chi connectivity index (χ1v) is 6.35. The highest BCUT2D eigenvalue weighted by molar-refractivity contribution is 5.19. The van der Waals surface area contributed by atoms with E-state index < -0.39 is 0 Å². The largest absolute Gasteiger partial charge is 0.304 e. The molecular formula is C13H19N5. The fourth-order valence-corrected chi connectivity index (χ4v) is 1.93. The minimum Gasteiger partial charge on any atom is -0.304 e. The molecule has 0 amide bonds. The monoisotopic (exact) mass is 245 g/mol. The van der Waals surface area contributed by atoms with Gasteiger partial charge >= 0.3 is 0 Å². The maximum absolute atomic E-state index is 4.41. The van der Waals surface area contributed by atoms with Crippen LogP contribution >= 0.6 is 0 Å². The summed E-state index contributed by atoms with van der Waals surface area (Å²) in [6.07, 6.45) is 4.44. The van der Waals surface area contributed by atoms with Crippen LogP contribution in [0, 0.1) is 0 Å². The lowest BCUT2D eigenvalue weighted by Gasteiger charge is -2.08. The molecule has 0 aromatic carbocycles. The quantitative estimate of drug-likeness (QED) is 0.839. The van der Waals surface area contributed by atoms with Crippen LogP contribution in [0.15, 0.2) is 24.7 Å². The van der Waals surface area contributed by atoms with Crippen LogP contribution in [-0.4, -0.2) is 19.7 Å². The van der Waals surface area contributed by atoms with Crippen LogP contribution in [0.4, 0.5) is 0 Å². The van der Waals surface area contributed by atoms with E-state index in [1.165, 1.54) is 5.56 Å². The second-order valence-electron chi connectivity index (χ2n) is 4.06. The minimum absolute atomic E-state index is 0.716. The molecule has 0 spiro atoms. The molecule has 2 heterocycles. The standard InChI is InChI=1S/C13H19N5/c1-3-11-6-5-7-15-12(11)8-14-9-13-16-10-17-18(13)4-2/h5-7,10,14H,3-4,8-9H2,1-2H3. The number of nitrogens with one attached hydrogen (secondary N) is 1. The van der Waals surface area contributed by atoms with E-state index in [0.717, 1.165) is 31.0 Å². The number of hydrogen-bond acceptors (Lipinski definition) is 4. The average Bonchev–Trinajstić information content (AvgIpc) is 2.87. The summed E-state index contributed by atoms with van der Waals surface area (Å²) in [5.74, 6) is 0.964. The Balaban J connectivity index is 1.92. The normalized spacial score (nSPS) is 10.8. The minimum atomic E-state index is 0.716. The van der Waals surface area contributed by atoms with Gasteiger partial charge in [-0.15, -0.1) is 0 Å². The maximum Gasteiger partial charge on any atom is 0.140 e. The lowest BCUT2D eigenvalue weighted by atomic mass is 10.1. The van der Waals surface area contributed by atoms with E-state index in [0.29, 0.717) is 6.54 Å². The Morgan fingerprint density at radius 3 is 2.89 bits per heavy atom. The second-order valence-corrected chi connectivity index (χ2v) is 4.06. The SMILES string of the molecule is CCc1cccnc1CNCc1ncnn1CC. The summed E-state index contributed by atoms with van der Waals surface area (Å²) in [6, 6.07) is 4.11. The third-order valence-corrected chi connectivity index (χ3v) is 2.94. The van der Waals surface area contributed by atoms with Gasteiger partial charge in [0.2, 0.25) is 0 Å². The van der Waals surface area contributed by atoms with Crippen molar-refractivity contribution in [3.63, 3.8) is 0 Å². The van der Waals surface area contributed by atoms with E-state index in [1.54, 1.807) is 6.33 Å². The number of rotatable bonds is 6. The van der Waals surface area contributed by atoms with Crippen LogP contribution < -0.4 is 5.32 Å². The Morgan fingerprint density at radius 2 is 2.11 bits per heavy atom. The lowest BCUT2D eigenvalue weighted by Crippen LogP contribution is -2.18. The Kier molecular flexibility index (Phi) is 4.41. The fraction of sp³-hybridized carbons (Fsp3) is 0.462. The molecule has 2 aromatic heterocycles. The molecule has 0 aliphatic carbocycles. The predicted octanol–water partition coefficient (Wildman–Crippen LogP) is 1.55. The van der Waals surface area contributed by atoms with Gasteiger partial charge in [-0.3, -0.25) is 4.98 Å². The summed E-state index contributed by atoms with van der Waals surface area (Å²) in [5.41, 5.74) is 2.41. The summed E-state index contributed by atoms with van der Waals surface area (Å²) in [5, 5.41) is 7.51. The van der Waals surface area contributed by atoms with Crippen molar-refractivity contribution in [2.24, 2.45) is 0 Å².